The number of ether oxygens (including phenoxy) is 3. The molecule has 2 aliphatic carbocycles. The molecular formula is C21H24O7. The molecule has 7 nitrogen and oxygen atoms in total. The number of rotatable bonds is 2. The maximum atomic E-state index is 13.2. The van der Waals surface area contributed by atoms with Gasteiger partial charge >= 0.3 is 17.9 Å². The normalized spacial score (nSPS) is 44.1. The van der Waals surface area contributed by atoms with Crippen LogP contribution in [-0.4, -0.2) is 31.1 Å². The van der Waals surface area contributed by atoms with Crippen molar-refractivity contribution in [1.29, 1.82) is 0 Å². The predicted octanol–water partition coefficient (Wildman–Crippen LogP) is 2.79. The van der Waals surface area contributed by atoms with E-state index in [4.69, 9.17) is 18.6 Å². The Bertz CT molecular complexity index is 830. The highest BCUT2D eigenvalue weighted by molar-refractivity contribution is 5.91. The lowest BCUT2D eigenvalue weighted by Gasteiger charge is -2.55. The number of esters is 3. The summed E-state index contributed by atoms with van der Waals surface area (Å²) in [4.78, 5) is 38.9. The van der Waals surface area contributed by atoms with Crippen LogP contribution in [0, 0.1) is 28.6 Å². The molecule has 2 saturated heterocycles. The number of carbonyl (C=O) groups is 3. The maximum absolute atomic E-state index is 13.2. The van der Waals surface area contributed by atoms with Gasteiger partial charge in [0.05, 0.1) is 30.5 Å². The Morgan fingerprint density at radius 1 is 1.25 bits per heavy atom. The van der Waals surface area contributed by atoms with Crippen LogP contribution >= 0.6 is 0 Å². The molecule has 1 aromatic rings. The van der Waals surface area contributed by atoms with Crippen LogP contribution in [0.5, 0.6) is 0 Å². The third-order valence-corrected chi connectivity index (χ3v) is 7.83. The Hall–Kier alpha value is -2.31. The average molecular weight is 388 g/mol. The van der Waals surface area contributed by atoms with E-state index in [1.54, 1.807) is 12.3 Å². The quantitative estimate of drug-likeness (QED) is 0.568. The van der Waals surface area contributed by atoms with E-state index in [1.807, 2.05) is 6.92 Å². The van der Waals surface area contributed by atoms with Gasteiger partial charge in [0.15, 0.2) is 0 Å². The summed E-state index contributed by atoms with van der Waals surface area (Å²) in [6.07, 6.45) is 5.20. The molecule has 2 saturated carbocycles. The molecule has 2 bridgehead atoms. The highest BCUT2D eigenvalue weighted by atomic mass is 16.6. The Balaban J connectivity index is 1.60. The van der Waals surface area contributed by atoms with E-state index < -0.39 is 29.0 Å². The summed E-state index contributed by atoms with van der Waals surface area (Å²) >= 11 is 0. The van der Waals surface area contributed by atoms with Crippen LogP contribution in [0.2, 0.25) is 0 Å². The number of furan rings is 1. The lowest BCUT2D eigenvalue weighted by atomic mass is 9.46. The second-order valence-electron chi connectivity index (χ2n) is 8.90. The van der Waals surface area contributed by atoms with Gasteiger partial charge in [-0.3, -0.25) is 14.4 Å². The topological polar surface area (TPSA) is 92.0 Å². The molecule has 0 amide bonds. The zero-order chi connectivity index (χ0) is 19.7. The van der Waals surface area contributed by atoms with Gasteiger partial charge in [0.1, 0.15) is 18.1 Å². The summed E-state index contributed by atoms with van der Waals surface area (Å²) in [5.74, 6) is -1.69. The van der Waals surface area contributed by atoms with E-state index in [0.717, 1.165) is 24.8 Å². The van der Waals surface area contributed by atoms with E-state index in [1.165, 1.54) is 13.4 Å². The van der Waals surface area contributed by atoms with Crippen molar-refractivity contribution in [2.24, 2.45) is 28.6 Å². The number of fused-ring (bicyclic) bond motifs is 1. The first-order valence-corrected chi connectivity index (χ1v) is 9.94. The van der Waals surface area contributed by atoms with E-state index in [9.17, 15) is 14.4 Å². The third kappa shape index (κ3) is 2.07. The first kappa shape index (κ1) is 17.8. The van der Waals surface area contributed by atoms with Crippen LogP contribution < -0.4 is 0 Å². The minimum atomic E-state index is -0.944. The number of methoxy groups -OCH3 is 1. The number of cyclic esters (lactones) is 1. The fourth-order valence-electron chi connectivity index (χ4n) is 6.57. The molecule has 0 N–H and O–H groups in total. The summed E-state index contributed by atoms with van der Waals surface area (Å²) < 4.78 is 21.7. The molecular weight excluding hydrogens is 364 g/mol. The fraction of sp³-hybridized carbons (Fsp3) is 0.667. The maximum Gasteiger partial charge on any atom is 0.314 e. The largest absolute Gasteiger partial charge is 0.472 e. The standard InChI is InChI=1S/C21H24O7/c1-20(18(23)25-2)6-3-4-12-13(20)8-14-16-17(22)27-15(11-5-7-26-10-11)9-21(12,16)19(24)28-14/h5,7,10,12-16H,3-4,6,8-9H2,1-2H3/t12-,13-,14?,15+,16+,20+,21-/m1/s1. The van der Waals surface area contributed by atoms with E-state index in [2.05, 4.69) is 0 Å². The van der Waals surface area contributed by atoms with E-state index >= 15 is 0 Å². The summed E-state index contributed by atoms with van der Waals surface area (Å²) in [6, 6.07) is 1.76. The molecule has 4 fully saturated rings. The molecule has 7 atom stereocenters. The lowest BCUT2D eigenvalue weighted by Crippen LogP contribution is -2.60. The van der Waals surface area contributed by atoms with Crippen molar-refractivity contribution in [3.8, 4) is 0 Å². The summed E-state index contributed by atoms with van der Waals surface area (Å²) in [5, 5.41) is 0. The van der Waals surface area contributed by atoms with Crippen molar-refractivity contribution in [3.05, 3.63) is 24.2 Å². The Kier molecular flexibility index (Phi) is 3.71. The van der Waals surface area contributed by atoms with Crippen molar-refractivity contribution >= 4 is 17.9 Å². The van der Waals surface area contributed by atoms with Gasteiger partial charge < -0.3 is 18.6 Å². The highest BCUT2D eigenvalue weighted by Gasteiger charge is 2.74. The van der Waals surface area contributed by atoms with E-state index in [-0.39, 0.29) is 29.7 Å². The molecule has 3 heterocycles. The third-order valence-electron chi connectivity index (χ3n) is 7.83. The van der Waals surface area contributed by atoms with Gasteiger partial charge in [-0.05, 0) is 44.1 Å². The van der Waals surface area contributed by atoms with Crippen LogP contribution in [-0.2, 0) is 28.6 Å². The van der Waals surface area contributed by atoms with Gasteiger partial charge in [-0.15, -0.1) is 0 Å². The smallest absolute Gasteiger partial charge is 0.314 e. The number of hydrogen-bond donors (Lipinski definition) is 0. The van der Waals surface area contributed by atoms with Crippen molar-refractivity contribution in [2.45, 2.75) is 51.2 Å². The number of hydrogen-bond acceptors (Lipinski definition) is 7. The first-order valence-electron chi connectivity index (χ1n) is 9.94. The highest BCUT2D eigenvalue weighted by Crippen LogP contribution is 2.67. The Labute approximate surface area is 162 Å². The second kappa shape index (κ2) is 5.84. The summed E-state index contributed by atoms with van der Waals surface area (Å²) in [5.41, 5.74) is -0.874. The first-order chi connectivity index (χ1) is 13.4. The van der Waals surface area contributed by atoms with Crippen LogP contribution in [0.15, 0.2) is 23.0 Å². The van der Waals surface area contributed by atoms with Gasteiger partial charge in [-0.25, -0.2) is 0 Å². The minimum Gasteiger partial charge on any atom is -0.472 e. The Morgan fingerprint density at radius 3 is 2.79 bits per heavy atom. The SMILES string of the molecule is COC(=O)[C@@]1(C)CCC[C@@H]2[C@H]1CC1OC(=O)[C@]23C[C@@H](c2ccoc2)OC(=O)[C@H]13. The molecule has 1 aromatic heterocycles. The molecule has 0 radical (unpaired) electrons. The molecule has 4 aliphatic rings. The zero-order valence-electron chi connectivity index (χ0n) is 16.0. The summed E-state index contributed by atoms with van der Waals surface area (Å²) in [6.45, 7) is 1.94. The lowest BCUT2D eigenvalue weighted by molar-refractivity contribution is -0.196. The molecule has 150 valence electrons. The second-order valence-corrected chi connectivity index (χ2v) is 8.90. The van der Waals surface area contributed by atoms with Gasteiger partial charge in [0.25, 0.3) is 0 Å². The zero-order valence-corrected chi connectivity index (χ0v) is 16.0. The minimum absolute atomic E-state index is 0.0581. The molecule has 7 heteroatoms. The number of carbonyl (C=O) groups excluding carboxylic acids is 3. The molecule has 0 spiro atoms. The van der Waals surface area contributed by atoms with Gasteiger partial charge in [-0.2, -0.15) is 0 Å². The average Bonchev–Trinajstić information content (AvgIpc) is 3.28. The molecule has 0 aromatic carbocycles. The van der Waals surface area contributed by atoms with Gasteiger partial charge in [0.2, 0.25) is 0 Å². The fourth-order valence-corrected chi connectivity index (χ4v) is 6.57. The van der Waals surface area contributed by atoms with Gasteiger partial charge in [-0.1, -0.05) is 6.42 Å². The van der Waals surface area contributed by atoms with Gasteiger partial charge in [0, 0.05) is 12.0 Å². The monoisotopic (exact) mass is 388 g/mol. The summed E-state index contributed by atoms with van der Waals surface area (Å²) in [7, 11) is 1.41. The molecule has 2 aliphatic heterocycles. The molecule has 1 unspecified atom stereocenters. The van der Waals surface area contributed by atoms with Crippen LogP contribution in [0.4, 0.5) is 0 Å². The van der Waals surface area contributed by atoms with Crippen LogP contribution in [0.1, 0.15) is 50.7 Å². The predicted molar refractivity (Wildman–Crippen MR) is 93.5 cm³/mol. The van der Waals surface area contributed by atoms with Crippen molar-refractivity contribution in [3.63, 3.8) is 0 Å². The molecule has 5 rings (SSSR count). The van der Waals surface area contributed by atoms with Crippen LogP contribution in [0.25, 0.3) is 0 Å². The van der Waals surface area contributed by atoms with Crippen LogP contribution in [0.3, 0.4) is 0 Å². The van der Waals surface area contributed by atoms with Crippen molar-refractivity contribution in [1.82, 2.24) is 0 Å². The molecule has 28 heavy (non-hydrogen) atoms. The van der Waals surface area contributed by atoms with E-state index in [0.29, 0.717) is 12.8 Å². The van der Waals surface area contributed by atoms with Crippen molar-refractivity contribution < 1.29 is 33.0 Å². The van der Waals surface area contributed by atoms with Crippen molar-refractivity contribution in [2.75, 3.05) is 7.11 Å². The Morgan fingerprint density at radius 2 is 2.07 bits per heavy atom.